The topological polar surface area (TPSA) is 123 Å². The Morgan fingerprint density at radius 2 is 1.77 bits per heavy atom. The molecule has 2 N–H and O–H groups in total. The van der Waals surface area contributed by atoms with Crippen LogP contribution in [0.5, 0.6) is 0 Å². The van der Waals surface area contributed by atoms with Gasteiger partial charge < -0.3 is 10.1 Å². The predicted octanol–water partition coefficient (Wildman–Crippen LogP) is 6.09. The van der Waals surface area contributed by atoms with Gasteiger partial charge >= 0.3 is 12.1 Å². The van der Waals surface area contributed by atoms with Gasteiger partial charge in [0.05, 0.1) is 30.0 Å². The van der Waals surface area contributed by atoms with Crippen LogP contribution in [-0.4, -0.2) is 60.0 Å². The third kappa shape index (κ3) is 7.52. The van der Waals surface area contributed by atoms with Crippen molar-refractivity contribution in [1.82, 2.24) is 19.2 Å². The molecule has 2 aromatic rings. The number of aromatic nitrogens is 2. The Hall–Kier alpha value is -2.18. The van der Waals surface area contributed by atoms with Crippen molar-refractivity contribution in [2.24, 2.45) is 11.8 Å². The number of allylic oxidation sites excluding steroid dienone is 2. The SMILES string of the molecule is CCCCNC(=O)n1c(NC(=O)OC)nc2ccccc21.O=C1C2CC=CCC2C(=O)N1SC(Cl)(Cl)C(Cl)Cl. The largest absolute Gasteiger partial charge is 0.453 e. The molecule has 1 fully saturated rings. The molecule has 1 aromatic heterocycles. The molecule has 0 radical (unpaired) electrons. The van der Waals surface area contributed by atoms with Crippen molar-refractivity contribution in [3.8, 4) is 0 Å². The van der Waals surface area contributed by atoms with Crippen LogP contribution in [0, 0.1) is 11.8 Å². The van der Waals surface area contributed by atoms with Gasteiger partial charge in [0, 0.05) is 18.5 Å². The third-order valence-corrected chi connectivity index (χ3v) is 9.14. The van der Waals surface area contributed by atoms with Gasteiger partial charge in [0.1, 0.15) is 0 Å². The average Bonchev–Trinajstić information content (AvgIpc) is 3.39. The second-order valence-corrected chi connectivity index (χ2v) is 12.7. The van der Waals surface area contributed by atoms with Crippen LogP contribution in [0.15, 0.2) is 36.4 Å². The van der Waals surface area contributed by atoms with E-state index < -0.39 is 14.6 Å². The quantitative estimate of drug-likeness (QED) is 0.124. The van der Waals surface area contributed by atoms with Crippen LogP contribution < -0.4 is 10.6 Å². The number of nitrogens with one attached hydrogen (secondary N) is 2. The van der Waals surface area contributed by atoms with Gasteiger partial charge in [-0.05, 0) is 31.4 Å². The fraction of sp³-hybridized carbons (Fsp3) is 0.458. The molecule has 0 spiro atoms. The second-order valence-electron chi connectivity index (χ2n) is 8.54. The molecule has 0 saturated carbocycles. The number of alkyl halides is 4. The highest BCUT2D eigenvalue weighted by atomic mass is 35.5. The van der Waals surface area contributed by atoms with Gasteiger partial charge in [-0.15, -0.1) is 23.2 Å². The zero-order valence-electron chi connectivity index (χ0n) is 21.0. The number of fused-ring (bicyclic) bond motifs is 2. The molecule has 212 valence electrons. The summed E-state index contributed by atoms with van der Waals surface area (Å²) >= 11 is 23.7. The highest BCUT2D eigenvalue weighted by Crippen LogP contribution is 2.48. The summed E-state index contributed by atoms with van der Waals surface area (Å²) in [5.74, 6) is -1.05. The normalized spacial score (nSPS) is 18.6. The van der Waals surface area contributed by atoms with Crippen LogP contribution in [0.2, 0.25) is 0 Å². The zero-order valence-corrected chi connectivity index (χ0v) is 24.9. The van der Waals surface area contributed by atoms with Crippen molar-refractivity contribution in [3.63, 3.8) is 0 Å². The van der Waals surface area contributed by atoms with Crippen LogP contribution in [0.1, 0.15) is 32.6 Å². The maximum Gasteiger partial charge on any atom is 0.413 e. The number of imide groups is 1. The molecule has 1 aliphatic heterocycles. The van der Waals surface area contributed by atoms with Crippen LogP contribution in [-0.2, 0) is 14.3 Å². The van der Waals surface area contributed by atoms with E-state index in [1.807, 2.05) is 31.2 Å². The summed E-state index contributed by atoms with van der Waals surface area (Å²) in [6.45, 7) is 2.61. The first kappa shape index (κ1) is 31.3. The number of ether oxygens (including phenoxy) is 1. The number of hydrogen-bond donors (Lipinski definition) is 2. The number of rotatable bonds is 7. The van der Waals surface area contributed by atoms with Gasteiger partial charge in [0.2, 0.25) is 21.4 Å². The number of carbonyl (C=O) groups is 4. The molecule has 15 heteroatoms. The second kappa shape index (κ2) is 13.9. The number of para-hydroxylation sites is 2. The molecular weight excluding hydrogens is 612 g/mol. The predicted molar refractivity (Wildman–Crippen MR) is 154 cm³/mol. The smallest absolute Gasteiger partial charge is 0.413 e. The van der Waals surface area contributed by atoms with E-state index in [4.69, 9.17) is 46.4 Å². The van der Waals surface area contributed by atoms with E-state index in [-0.39, 0.29) is 35.6 Å². The molecule has 4 amide bonds. The van der Waals surface area contributed by atoms with Crippen LogP contribution in [0.25, 0.3) is 11.0 Å². The maximum atomic E-state index is 12.3. The van der Waals surface area contributed by atoms with Crippen molar-refractivity contribution in [2.45, 2.75) is 41.1 Å². The summed E-state index contributed by atoms with van der Waals surface area (Å²) in [5, 5.41) is 5.25. The van der Waals surface area contributed by atoms with Gasteiger partial charge in [0.25, 0.3) is 0 Å². The summed E-state index contributed by atoms with van der Waals surface area (Å²) in [6, 6.07) is 6.83. The van der Waals surface area contributed by atoms with E-state index in [1.165, 1.54) is 11.7 Å². The monoisotopic (exact) mass is 637 g/mol. The first-order chi connectivity index (χ1) is 18.5. The van der Waals surface area contributed by atoms with Crippen molar-refractivity contribution >= 4 is 99.3 Å². The number of unbranched alkanes of at least 4 members (excludes halogenated alkanes) is 1. The minimum absolute atomic E-state index is 0.136. The third-order valence-electron chi connectivity index (χ3n) is 5.90. The van der Waals surface area contributed by atoms with Crippen LogP contribution in [0.4, 0.5) is 15.5 Å². The Morgan fingerprint density at radius 1 is 1.15 bits per heavy atom. The number of anilines is 1. The van der Waals surface area contributed by atoms with E-state index in [1.54, 1.807) is 12.1 Å². The lowest BCUT2D eigenvalue weighted by Crippen LogP contribution is -2.31. The van der Waals surface area contributed by atoms with Crippen LogP contribution >= 0.6 is 58.4 Å². The average molecular weight is 639 g/mol. The minimum atomic E-state index is -1.63. The molecule has 1 saturated heterocycles. The van der Waals surface area contributed by atoms with E-state index >= 15 is 0 Å². The highest BCUT2D eigenvalue weighted by Gasteiger charge is 2.51. The van der Waals surface area contributed by atoms with E-state index in [0.717, 1.165) is 17.1 Å². The number of benzene rings is 1. The molecular formula is C24H27Cl4N5O5S. The standard InChI is InChI=1S/C14H18N4O3.C10H9Cl4NO2S/c1-3-4-9-15-13(19)18-11-8-6-5-7-10(11)16-12(18)17-14(20)21-2;11-9(12)10(13,14)18-15-7(16)5-3-1-2-4-6(5)8(15)17/h5-8H,3-4,9H2,1-2H3,(H,15,19)(H,16,17,20);1-2,5-6,9H,3-4H2. The number of amides is 4. The molecule has 0 bridgehead atoms. The molecule has 39 heavy (non-hydrogen) atoms. The maximum absolute atomic E-state index is 12.3. The number of halogens is 4. The lowest BCUT2D eigenvalue weighted by molar-refractivity contribution is -0.133. The summed E-state index contributed by atoms with van der Waals surface area (Å²) in [7, 11) is 1.25. The molecule has 2 atom stereocenters. The Bertz CT molecular complexity index is 1230. The summed E-state index contributed by atoms with van der Waals surface area (Å²) in [6.07, 6.45) is 6.13. The van der Waals surface area contributed by atoms with Gasteiger partial charge in [-0.2, -0.15) is 0 Å². The summed E-state index contributed by atoms with van der Waals surface area (Å²) < 4.78 is 5.25. The molecule has 10 nitrogen and oxygen atoms in total. The van der Waals surface area contributed by atoms with Crippen LogP contribution in [0.3, 0.4) is 0 Å². The van der Waals surface area contributed by atoms with E-state index in [2.05, 4.69) is 20.4 Å². The Labute approximate surface area is 249 Å². The molecule has 2 aliphatic rings. The Kier molecular flexibility index (Phi) is 11.2. The number of imidazole rings is 1. The summed E-state index contributed by atoms with van der Waals surface area (Å²) in [5.41, 5.74) is 1.24. The molecule has 2 unspecified atom stereocenters. The van der Waals surface area contributed by atoms with Gasteiger partial charge in [-0.3, -0.25) is 14.9 Å². The lowest BCUT2D eigenvalue weighted by Gasteiger charge is -2.24. The number of nitrogens with zero attached hydrogens (tertiary/aromatic N) is 3. The van der Waals surface area contributed by atoms with Gasteiger partial charge in [-0.1, -0.05) is 60.8 Å². The Balaban J connectivity index is 0.000000218. The first-order valence-corrected chi connectivity index (χ1v) is 14.4. The Morgan fingerprint density at radius 3 is 2.33 bits per heavy atom. The van der Waals surface area contributed by atoms with Crippen molar-refractivity contribution in [3.05, 3.63) is 36.4 Å². The minimum Gasteiger partial charge on any atom is -0.453 e. The number of carbonyl (C=O) groups excluding carboxylic acids is 4. The van der Waals surface area contributed by atoms with Gasteiger partial charge in [-0.25, -0.2) is 23.4 Å². The fourth-order valence-electron chi connectivity index (χ4n) is 3.93. The molecule has 4 rings (SSSR count). The number of methoxy groups -OCH3 is 1. The zero-order chi connectivity index (χ0) is 28.7. The lowest BCUT2D eigenvalue weighted by atomic mass is 9.85. The van der Waals surface area contributed by atoms with E-state index in [0.29, 0.717) is 42.4 Å². The molecule has 1 aliphatic carbocycles. The molecule has 1 aromatic carbocycles. The molecule has 2 heterocycles. The highest BCUT2D eigenvalue weighted by molar-refractivity contribution is 8.02. The van der Waals surface area contributed by atoms with Crippen molar-refractivity contribution in [2.75, 3.05) is 19.0 Å². The van der Waals surface area contributed by atoms with E-state index in [9.17, 15) is 19.2 Å². The summed E-state index contributed by atoms with van der Waals surface area (Å²) in [4.78, 5) is 51.0. The van der Waals surface area contributed by atoms with Crippen molar-refractivity contribution < 1.29 is 23.9 Å². The number of hydrogen-bond acceptors (Lipinski definition) is 7. The fourth-order valence-corrected chi connectivity index (χ4v) is 5.36. The first-order valence-electron chi connectivity index (χ1n) is 12.0. The van der Waals surface area contributed by atoms with Crippen molar-refractivity contribution in [1.29, 1.82) is 0 Å². The van der Waals surface area contributed by atoms with Gasteiger partial charge in [0.15, 0.2) is 4.84 Å².